The van der Waals surface area contributed by atoms with Gasteiger partial charge in [0.2, 0.25) is 15.9 Å². The Balaban J connectivity index is 1.50. The van der Waals surface area contributed by atoms with Gasteiger partial charge in [0.05, 0.1) is 17.9 Å². The van der Waals surface area contributed by atoms with Gasteiger partial charge in [-0.2, -0.15) is 5.26 Å². The van der Waals surface area contributed by atoms with Crippen LogP contribution in [-0.4, -0.2) is 30.4 Å². The molecule has 5 nitrogen and oxygen atoms in total. The fraction of sp³-hybridized carbons (Fsp3) is 0.727. The molecule has 0 aromatic rings. The summed E-state index contributed by atoms with van der Waals surface area (Å²) in [7, 11) is -3.50. The first kappa shape index (κ1) is 20.9. The lowest BCUT2D eigenvalue weighted by molar-refractivity contribution is -0.129. The minimum atomic E-state index is -3.50. The highest BCUT2D eigenvalue weighted by molar-refractivity contribution is 7.90. The Labute approximate surface area is 169 Å². The van der Waals surface area contributed by atoms with E-state index in [1.54, 1.807) is 6.08 Å². The van der Waals surface area contributed by atoms with Crippen LogP contribution in [0.2, 0.25) is 0 Å². The average molecular weight is 403 g/mol. The molecule has 1 heterocycles. The van der Waals surface area contributed by atoms with Gasteiger partial charge in [0, 0.05) is 30.8 Å². The molecule has 2 bridgehead atoms. The van der Waals surface area contributed by atoms with Gasteiger partial charge in [-0.25, -0.2) is 12.7 Å². The number of allylic oxidation sites excluding steroid dienone is 2. The van der Waals surface area contributed by atoms with Crippen molar-refractivity contribution in [1.29, 1.82) is 5.26 Å². The van der Waals surface area contributed by atoms with E-state index in [2.05, 4.69) is 25.7 Å². The van der Waals surface area contributed by atoms with Crippen LogP contribution in [0.15, 0.2) is 12.2 Å². The Morgan fingerprint density at radius 3 is 2.71 bits per heavy atom. The number of amides is 1. The van der Waals surface area contributed by atoms with Crippen LogP contribution in [0.1, 0.15) is 71.6 Å². The molecule has 1 spiro atoms. The van der Waals surface area contributed by atoms with Crippen LogP contribution in [0, 0.1) is 39.9 Å². The van der Waals surface area contributed by atoms with Crippen molar-refractivity contribution in [3.05, 3.63) is 12.2 Å². The molecular weight excluding hydrogens is 372 g/mol. The summed E-state index contributed by atoms with van der Waals surface area (Å²) in [6, 6.07) is 1.82. The van der Waals surface area contributed by atoms with Gasteiger partial charge in [0.1, 0.15) is 0 Å². The van der Waals surface area contributed by atoms with Crippen molar-refractivity contribution < 1.29 is 13.2 Å². The molecule has 1 saturated heterocycles. The zero-order chi connectivity index (χ0) is 20.4. The maximum atomic E-state index is 12.8. The van der Waals surface area contributed by atoms with Gasteiger partial charge in [0.25, 0.3) is 0 Å². The summed E-state index contributed by atoms with van der Waals surface area (Å²) in [6.07, 6.45) is 10.1. The molecule has 0 N–H and O–H groups in total. The lowest BCUT2D eigenvalue weighted by Gasteiger charge is -2.37. The molecule has 2 saturated carbocycles. The molecule has 0 aromatic heterocycles. The van der Waals surface area contributed by atoms with E-state index in [-0.39, 0.29) is 35.0 Å². The highest BCUT2D eigenvalue weighted by Gasteiger charge is 2.72. The standard InChI is InChI=1S/C22H30N2O3S/c1-21(2)18-13-14-22(21)17-28(26,27)24(19(22)16-18)20(25)12-10-8-6-4-3-5-7-9-11-15-23/h9,11,18-19H,5-8,10,12-14,16-17H2,1-2H3/b11-9-/t18-,19-,22-/m1/s1. The zero-order valence-electron chi connectivity index (χ0n) is 16.9. The van der Waals surface area contributed by atoms with Crippen LogP contribution >= 0.6 is 0 Å². The van der Waals surface area contributed by atoms with Crippen LogP contribution in [0.3, 0.4) is 0 Å². The largest absolute Gasteiger partial charge is 0.274 e. The molecule has 3 atom stereocenters. The first-order chi connectivity index (χ1) is 13.3. The number of sulfonamides is 1. The molecule has 152 valence electrons. The molecule has 0 radical (unpaired) electrons. The van der Waals surface area contributed by atoms with Crippen LogP contribution in [0.25, 0.3) is 0 Å². The van der Waals surface area contributed by atoms with E-state index in [1.165, 1.54) is 10.4 Å². The number of hydrogen-bond acceptors (Lipinski definition) is 4. The van der Waals surface area contributed by atoms with Crippen LogP contribution in [-0.2, 0) is 14.8 Å². The Bertz CT molecular complexity index is 856. The molecule has 6 heteroatoms. The second-order valence-electron chi connectivity index (χ2n) is 8.94. The van der Waals surface area contributed by atoms with Gasteiger partial charge in [-0.3, -0.25) is 4.79 Å². The average Bonchev–Trinajstić information content (AvgIpc) is 3.10. The minimum absolute atomic E-state index is 0.00220. The quantitative estimate of drug-likeness (QED) is 0.385. The summed E-state index contributed by atoms with van der Waals surface area (Å²) in [4.78, 5) is 12.8. The number of rotatable bonds is 6. The predicted octanol–water partition coefficient (Wildman–Crippen LogP) is 3.78. The zero-order valence-corrected chi connectivity index (χ0v) is 17.7. The van der Waals surface area contributed by atoms with Crippen molar-refractivity contribution in [1.82, 2.24) is 4.31 Å². The molecule has 0 aromatic carbocycles. The van der Waals surface area contributed by atoms with E-state index >= 15 is 0 Å². The third kappa shape index (κ3) is 3.48. The molecule has 0 unspecified atom stereocenters. The first-order valence-electron chi connectivity index (χ1n) is 10.3. The maximum Gasteiger partial charge on any atom is 0.238 e. The maximum absolute atomic E-state index is 12.8. The number of carbonyl (C=O) groups is 1. The van der Waals surface area contributed by atoms with Gasteiger partial charge in [0.15, 0.2) is 0 Å². The molecule has 1 amide bonds. The normalized spacial score (nSPS) is 31.4. The number of unbranched alkanes of at least 4 members (excludes halogenated alkanes) is 3. The second-order valence-corrected chi connectivity index (χ2v) is 10.8. The van der Waals surface area contributed by atoms with Gasteiger partial charge in [-0.05, 0) is 49.9 Å². The van der Waals surface area contributed by atoms with Crippen LogP contribution < -0.4 is 0 Å². The summed E-state index contributed by atoms with van der Waals surface area (Å²) < 4.78 is 26.9. The highest BCUT2D eigenvalue weighted by Crippen LogP contribution is 2.70. The van der Waals surface area contributed by atoms with E-state index < -0.39 is 10.0 Å². The summed E-state index contributed by atoms with van der Waals surface area (Å²) in [5.74, 6) is 6.59. The van der Waals surface area contributed by atoms with E-state index in [0.717, 1.165) is 38.5 Å². The highest BCUT2D eigenvalue weighted by atomic mass is 32.2. The van der Waals surface area contributed by atoms with Gasteiger partial charge < -0.3 is 0 Å². The van der Waals surface area contributed by atoms with Crippen molar-refractivity contribution in [2.75, 3.05) is 5.75 Å². The van der Waals surface area contributed by atoms with E-state index in [1.807, 2.05) is 6.07 Å². The Morgan fingerprint density at radius 1 is 1.25 bits per heavy atom. The smallest absolute Gasteiger partial charge is 0.238 e. The van der Waals surface area contributed by atoms with Crippen LogP contribution in [0.5, 0.6) is 0 Å². The summed E-state index contributed by atoms with van der Waals surface area (Å²) >= 11 is 0. The fourth-order valence-electron chi connectivity index (χ4n) is 5.69. The van der Waals surface area contributed by atoms with E-state index in [4.69, 9.17) is 5.26 Å². The van der Waals surface area contributed by atoms with E-state index in [9.17, 15) is 13.2 Å². The van der Waals surface area contributed by atoms with Crippen molar-refractivity contribution in [2.45, 2.75) is 77.7 Å². The molecule has 2 aliphatic carbocycles. The van der Waals surface area contributed by atoms with E-state index in [0.29, 0.717) is 18.8 Å². The molecule has 1 aliphatic heterocycles. The third-order valence-electron chi connectivity index (χ3n) is 7.35. The minimum Gasteiger partial charge on any atom is -0.274 e. The molecule has 3 aliphatic rings. The van der Waals surface area contributed by atoms with Crippen LogP contribution in [0.4, 0.5) is 0 Å². The molecule has 3 fully saturated rings. The van der Waals surface area contributed by atoms with Crippen molar-refractivity contribution in [3.8, 4) is 17.9 Å². The Morgan fingerprint density at radius 2 is 2.00 bits per heavy atom. The second kappa shape index (κ2) is 7.91. The number of nitriles is 1. The lowest BCUT2D eigenvalue weighted by Crippen LogP contribution is -2.44. The summed E-state index contributed by atoms with van der Waals surface area (Å²) in [5, 5.41) is 8.39. The molecule has 28 heavy (non-hydrogen) atoms. The van der Waals surface area contributed by atoms with Gasteiger partial charge in [-0.15, -0.1) is 11.8 Å². The lowest BCUT2D eigenvalue weighted by atomic mass is 9.69. The number of hydrogen-bond donors (Lipinski definition) is 0. The van der Waals surface area contributed by atoms with Crippen molar-refractivity contribution in [3.63, 3.8) is 0 Å². The van der Waals surface area contributed by atoms with Crippen molar-refractivity contribution >= 4 is 15.9 Å². The van der Waals surface area contributed by atoms with Gasteiger partial charge >= 0.3 is 0 Å². The SMILES string of the molecule is CC1(C)[C@@H]2CC[C@]13CS(=O)(=O)N(C(=O)CCCCC#CCC/C=C\C#N)[C@@H]3C2. The van der Waals surface area contributed by atoms with Gasteiger partial charge in [-0.1, -0.05) is 19.9 Å². The molecule has 3 rings (SSSR count). The number of nitrogens with zero attached hydrogens (tertiary/aromatic N) is 2. The number of carbonyl (C=O) groups excluding carboxylic acids is 1. The topological polar surface area (TPSA) is 78.2 Å². The first-order valence-corrected chi connectivity index (χ1v) is 11.9. The number of fused-ring (bicyclic) bond motifs is 1. The Kier molecular flexibility index (Phi) is 5.92. The third-order valence-corrected chi connectivity index (χ3v) is 9.29. The summed E-state index contributed by atoms with van der Waals surface area (Å²) in [6.45, 7) is 4.39. The fourth-order valence-corrected chi connectivity index (χ4v) is 8.26. The predicted molar refractivity (Wildman–Crippen MR) is 108 cm³/mol. The Hall–Kier alpha value is -1.79. The monoisotopic (exact) mass is 402 g/mol. The van der Waals surface area contributed by atoms with Crippen molar-refractivity contribution in [2.24, 2.45) is 16.7 Å². The molecular formula is C22H30N2O3S. The summed E-state index contributed by atoms with van der Waals surface area (Å²) in [5.41, 5.74) is -0.241.